The molecule has 1 amide bonds. The van der Waals surface area contributed by atoms with E-state index in [-0.39, 0.29) is 5.54 Å². The van der Waals surface area contributed by atoms with Crippen molar-refractivity contribution in [1.82, 2.24) is 4.90 Å². The van der Waals surface area contributed by atoms with Crippen molar-refractivity contribution in [2.24, 2.45) is 16.8 Å². The standard InChI is InChI=1S/C25H28N4O/c1-16-6-2-3-7-19(16)26-24-25(28-21-9-5-4-8-20(21)27-24)14-17-10-11-22(30)29-13-12-18(15-25)23(17)29/h2-9,17-18,23,28H,10-15H2,1H3,(H,26,27)/t17-,18+,23-,25+/m1/s1. The van der Waals surface area contributed by atoms with Gasteiger partial charge in [-0.1, -0.05) is 30.3 Å². The van der Waals surface area contributed by atoms with Gasteiger partial charge < -0.3 is 15.5 Å². The van der Waals surface area contributed by atoms with E-state index in [0.717, 1.165) is 55.1 Å². The van der Waals surface area contributed by atoms with Crippen LogP contribution in [0, 0.1) is 18.8 Å². The van der Waals surface area contributed by atoms with Crippen LogP contribution in [0.25, 0.3) is 0 Å². The summed E-state index contributed by atoms with van der Waals surface area (Å²) in [5, 5.41) is 7.64. The van der Waals surface area contributed by atoms with Gasteiger partial charge >= 0.3 is 0 Å². The summed E-state index contributed by atoms with van der Waals surface area (Å²) in [6.07, 6.45) is 4.83. The summed E-state index contributed by atoms with van der Waals surface area (Å²) in [6, 6.07) is 17.2. The highest BCUT2D eigenvalue weighted by molar-refractivity contribution is 6.10. The molecule has 0 aromatic heterocycles. The molecule has 1 aliphatic carbocycles. The van der Waals surface area contributed by atoms with Gasteiger partial charge in [0.25, 0.3) is 0 Å². The Balaban J connectivity index is 1.45. The highest BCUT2D eigenvalue weighted by Crippen LogP contribution is 2.51. The van der Waals surface area contributed by atoms with Crippen LogP contribution in [0.3, 0.4) is 0 Å². The van der Waals surface area contributed by atoms with Crippen molar-refractivity contribution in [2.75, 3.05) is 17.2 Å². The number of aryl methyl sites for hydroxylation is 1. The van der Waals surface area contributed by atoms with Crippen molar-refractivity contribution in [2.45, 2.75) is 50.6 Å². The van der Waals surface area contributed by atoms with E-state index in [1.165, 1.54) is 5.56 Å². The first-order valence-electron chi connectivity index (χ1n) is 11.2. The molecule has 4 aliphatic rings. The summed E-state index contributed by atoms with van der Waals surface area (Å²) in [7, 11) is 0. The molecule has 1 spiro atoms. The summed E-state index contributed by atoms with van der Waals surface area (Å²) < 4.78 is 0. The number of aliphatic imine (C=N–C) groups is 1. The number of carbonyl (C=O) groups is 1. The van der Waals surface area contributed by atoms with Crippen LogP contribution in [0.15, 0.2) is 53.5 Å². The van der Waals surface area contributed by atoms with Crippen molar-refractivity contribution >= 4 is 28.8 Å². The number of amides is 1. The molecule has 3 fully saturated rings. The second-order valence-electron chi connectivity index (χ2n) is 9.46. The average molecular weight is 401 g/mol. The van der Waals surface area contributed by atoms with E-state index in [4.69, 9.17) is 4.99 Å². The van der Waals surface area contributed by atoms with Crippen molar-refractivity contribution in [3.05, 3.63) is 54.1 Å². The lowest BCUT2D eigenvalue weighted by Crippen LogP contribution is -2.62. The first kappa shape index (κ1) is 18.0. The van der Waals surface area contributed by atoms with Gasteiger partial charge in [-0.2, -0.15) is 0 Å². The van der Waals surface area contributed by atoms with Crippen molar-refractivity contribution in [3.63, 3.8) is 0 Å². The van der Waals surface area contributed by atoms with Crippen LogP contribution >= 0.6 is 0 Å². The number of nitrogens with zero attached hydrogens (tertiary/aromatic N) is 2. The van der Waals surface area contributed by atoms with Gasteiger partial charge in [0, 0.05) is 19.0 Å². The maximum atomic E-state index is 12.5. The summed E-state index contributed by atoms with van der Waals surface area (Å²) in [5.74, 6) is 2.47. The smallest absolute Gasteiger partial charge is 0.222 e. The van der Waals surface area contributed by atoms with Gasteiger partial charge in [0.05, 0.1) is 22.6 Å². The number of fused-ring (bicyclic) bond motifs is 1. The molecule has 0 unspecified atom stereocenters. The van der Waals surface area contributed by atoms with Gasteiger partial charge in [0.1, 0.15) is 5.84 Å². The number of benzene rings is 2. The van der Waals surface area contributed by atoms with Crippen LogP contribution in [0.2, 0.25) is 0 Å². The number of hydrogen-bond acceptors (Lipinski definition) is 3. The zero-order valence-electron chi connectivity index (χ0n) is 17.4. The van der Waals surface area contributed by atoms with E-state index in [0.29, 0.717) is 30.2 Å². The topological polar surface area (TPSA) is 56.7 Å². The molecule has 2 aromatic carbocycles. The molecule has 2 aromatic rings. The Bertz CT molecular complexity index is 1050. The summed E-state index contributed by atoms with van der Waals surface area (Å²) >= 11 is 0. The van der Waals surface area contributed by atoms with Gasteiger partial charge in [-0.3, -0.25) is 4.79 Å². The second kappa shape index (κ2) is 6.59. The third kappa shape index (κ3) is 2.68. The number of carbonyl (C=O) groups excluding carboxylic acids is 1. The van der Waals surface area contributed by atoms with Crippen molar-refractivity contribution in [1.29, 1.82) is 0 Å². The molecule has 5 heteroatoms. The van der Waals surface area contributed by atoms with E-state index >= 15 is 0 Å². The van der Waals surface area contributed by atoms with Gasteiger partial charge in [-0.05, 0) is 68.2 Å². The molecule has 4 atom stereocenters. The van der Waals surface area contributed by atoms with Gasteiger partial charge in [-0.25, -0.2) is 4.99 Å². The number of piperidine rings is 1. The molecule has 2 N–H and O–H groups in total. The monoisotopic (exact) mass is 400 g/mol. The molecular formula is C25H28N4O. The molecule has 6 rings (SSSR count). The maximum Gasteiger partial charge on any atom is 0.222 e. The van der Waals surface area contributed by atoms with Crippen molar-refractivity contribution in [3.8, 4) is 0 Å². The Labute approximate surface area is 177 Å². The minimum Gasteiger partial charge on any atom is -0.371 e. The van der Waals surface area contributed by atoms with Gasteiger partial charge in [-0.15, -0.1) is 0 Å². The quantitative estimate of drug-likeness (QED) is 0.728. The lowest BCUT2D eigenvalue weighted by Gasteiger charge is -2.52. The van der Waals surface area contributed by atoms with Crippen LogP contribution < -0.4 is 10.6 Å². The first-order chi connectivity index (χ1) is 14.6. The zero-order valence-corrected chi connectivity index (χ0v) is 17.4. The molecule has 3 aliphatic heterocycles. The minimum atomic E-state index is -0.209. The predicted molar refractivity (Wildman–Crippen MR) is 120 cm³/mol. The molecule has 5 nitrogen and oxygen atoms in total. The molecule has 0 radical (unpaired) electrons. The number of rotatable bonds is 1. The average Bonchev–Trinajstić information content (AvgIpc) is 3.18. The fourth-order valence-corrected chi connectivity index (χ4v) is 6.36. The van der Waals surface area contributed by atoms with E-state index in [1.54, 1.807) is 0 Å². The highest BCUT2D eigenvalue weighted by Gasteiger charge is 2.56. The largest absolute Gasteiger partial charge is 0.371 e. The van der Waals surface area contributed by atoms with Crippen LogP contribution in [0.4, 0.5) is 17.1 Å². The molecule has 154 valence electrons. The van der Waals surface area contributed by atoms with Crippen LogP contribution in [-0.2, 0) is 4.79 Å². The van der Waals surface area contributed by atoms with E-state index in [1.807, 2.05) is 0 Å². The third-order valence-corrected chi connectivity index (χ3v) is 7.69. The second-order valence-corrected chi connectivity index (χ2v) is 9.46. The Morgan fingerprint density at radius 3 is 2.57 bits per heavy atom. The summed E-state index contributed by atoms with van der Waals surface area (Å²) in [4.78, 5) is 19.8. The van der Waals surface area contributed by atoms with Crippen LogP contribution in [0.5, 0.6) is 0 Å². The SMILES string of the molecule is Cc1ccccc1N=C1Nc2ccccc2N[C@]12C[C@H]1CCC(=O)N3CC[C@@H](C2)[C@@H]13. The minimum absolute atomic E-state index is 0.209. The Kier molecular flexibility index (Phi) is 3.95. The Morgan fingerprint density at radius 2 is 1.73 bits per heavy atom. The van der Waals surface area contributed by atoms with E-state index in [2.05, 4.69) is 71.0 Å². The molecule has 1 saturated carbocycles. The van der Waals surface area contributed by atoms with Crippen LogP contribution in [0.1, 0.15) is 37.7 Å². The normalized spacial score (nSPS) is 33.1. The molecule has 30 heavy (non-hydrogen) atoms. The molecular weight excluding hydrogens is 372 g/mol. The van der Waals surface area contributed by atoms with E-state index < -0.39 is 0 Å². The fourth-order valence-electron chi connectivity index (χ4n) is 6.36. The lowest BCUT2D eigenvalue weighted by atomic mass is 9.64. The first-order valence-corrected chi connectivity index (χ1v) is 11.2. The zero-order chi connectivity index (χ0) is 20.3. The predicted octanol–water partition coefficient (Wildman–Crippen LogP) is 4.72. The van der Waals surface area contributed by atoms with Crippen molar-refractivity contribution < 1.29 is 4.79 Å². The Hall–Kier alpha value is -2.82. The fraction of sp³-hybridized carbons (Fsp3) is 0.440. The number of amidine groups is 1. The molecule has 2 saturated heterocycles. The Morgan fingerprint density at radius 1 is 1.00 bits per heavy atom. The summed E-state index contributed by atoms with van der Waals surface area (Å²) in [5.41, 5.74) is 4.24. The summed E-state index contributed by atoms with van der Waals surface area (Å²) in [6.45, 7) is 3.05. The van der Waals surface area contributed by atoms with E-state index in [9.17, 15) is 4.79 Å². The third-order valence-electron chi connectivity index (χ3n) is 7.69. The van der Waals surface area contributed by atoms with Crippen LogP contribution in [-0.4, -0.2) is 34.8 Å². The maximum absolute atomic E-state index is 12.5. The lowest BCUT2D eigenvalue weighted by molar-refractivity contribution is -0.138. The number of hydrogen-bond donors (Lipinski definition) is 2. The molecule has 3 heterocycles. The van der Waals surface area contributed by atoms with Gasteiger partial charge in [0.2, 0.25) is 5.91 Å². The highest BCUT2D eigenvalue weighted by atomic mass is 16.2. The molecule has 0 bridgehead atoms. The van der Waals surface area contributed by atoms with Gasteiger partial charge in [0.15, 0.2) is 0 Å². The number of nitrogens with one attached hydrogen (secondary N) is 2. The number of anilines is 2. The number of para-hydroxylation sites is 3.